The van der Waals surface area contributed by atoms with E-state index in [9.17, 15) is 4.79 Å². The number of amides is 1. The van der Waals surface area contributed by atoms with E-state index in [1.807, 2.05) is 29.6 Å². The van der Waals surface area contributed by atoms with E-state index in [-0.39, 0.29) is 12.5 Å². The predicted octanol–water partition coefficient (Wildman–Crippen LogP) is 4.60. The van der Waals surface area contributed by atoms with Crippen LogP contribution in [0.15, 0.2) is 64.6 Å². The molecule has 0 spiro atoms. The first-order chi connectivity index (χ1) is 11.7. The second-order valence-corrected chi connectivity index (χ2v) is 6.62. The lowest BCUT2D eigenvalue weighted by molar-refractivity contribution is -0.134. The molecule has 4 nitrogen and oxygen atoms in total. The Morgan fingerprint density at radius 2 is 2.08 bits per heavy atom. The minimum absolute atomic E-state index is 0.0492. The zero-order valence-electron chi connectivity index (χ0n) is 12.9. The molecule has 0 radical (unpaired) electrons. The van der Waals surface area contributed by atoms with E-state index in [0.717, 1.165) is 10.6 Å². The fourth-order valence-electron chi connectivity index (χ4n) is 2.21. The highest BCUT2D eigenvalue weighted by molar-refractivity contribution is 7.09. The van der Waals surface area contributed by atoms with E-state index in [4.69, 9.17) is 20.8 Å². The molecule has 6 heteroatoms. The quantitative estimate of drug-likeness (QED) is 0.617. The van der Waals surface area contributed by atoms with E-state index in [1.54, 1.807) is 46.8 Å². The molecule has 3 rings (SSSR count). The van der Waals surface area contributed by atoms with Gasteiger partial charge in [0.25, 0.3) is 5.91 Å². The Kier molecular flexibility index (Phi) is 5.56. The lowest BCUT2D eigenvalue weighted by Crippen LogP contribution is -2.33. The summed E-state index contributed by atoms with van der Waals surface area (Å²) < 4.78 is 10.9. The van der Waals surface area contributed by atoms with Crippen LogP contribution in [0.3, 0.4) is 0 Å². The Balaban J connectivity index is 1.65. The van der Waals surface area contributed by atoms with E-state index in [1.165, 1.54) is 0 Å². The van der Waals surface area contributed by atoms with Gasteiger partial charge in [0.05, 0.1) is 19.4 Å². The van der Waals surface area contributed by atoms with Crippen LogP contribution in [0, 0.1) is 0 Å². The van der Waals surface area contributed by atoms with Crippen molar-refractivity contribution in [2.24, 2.45) is 0 Å². The minimum atomic E-state index is -0.111. The van der Waals surface area contributed by atoms with Gasteiger partial charge in [-0.15, -0.1) is 11.3 Å². The highest BCUT2D eigenvalue weighted by atomic mass is 35.5. The van der Waals surface area contributed by atoms with Crippen LogP contribution in [0.4, 0.5) is 0 Å². The molecule has 124 valence electrons. The molecule has 0 fully saturated rings. The fourth-order valence-corrected chi connectivity index (χ4v) is 3.11. The summed E-state index contributed by atoms with van der Waals surface area (Å²) in [6, 6.07) is 14.6. The molecule has 0 N–H and O–H groups in total. The van der Waals surface area contributed by atoms with E-state index >= 15 is 0 Å². The number of thiophene rings is 1. The Hall–Kier alpha value is -2.24. The molecule has 2 heterocycles. The smallest absolute Gasteiger partial charge is 0.261 e. The van der Waals surface area contributed by atoms with Crippen LogP contribution in [0.5, 0.6) is 5.75 Å². The van der Waals surface area contributed by atoms with Gasteiger partial charge in [0.1, 0.15) is 11.5 Å². The van der Waals surface area contributed by atoms with Crippen molar-refractivity contribution in [2.75, 3.05) is 6.61 Å². The second-order valence-electron chi connectivity index (χ2n) is 5.15. The average molecular weight is 362 g/mol. The number of carbonyl (C=O) groups excluding carboxylic acids is 1. The summed E-state index contributed by atoms with van der Waals surface area (Å²) in [4.78, 5) is 15.4. The molecule has 0 atom stereocenters. The Labute approximate surface area is 149 Å². The standard InChI is InChI=1S/C18H16ClNO3S/c19-14-4-1-5-15(10-14)23-13-18(21)20(11-16-6-2-8-22-16)12-17-7-3-9-24-17/h1-10H,11-13H2. The van der Waals surface area contributed by atoms with E-state index < -0.39 is 0 Å². The SMILES string of the molecule is O=C(COc1cccc(Cl)c1)N(Cc1ccco1)Cc1cccs1. The Bertz CT molecular complexity index is 735. The van der Waals surface area contributed by atoms with Crippen LogP contribution >= 0.6 is 22.9 Å². The van der Waals surface area contributed by atoms with Gasteiger partial charge in [-0.2, -0.15) is 0 Å². The van der Waals surface area contributed by atoms with Gasteiger partial charge in [0, 0.05) is 9.90 Å². The molecule has 1 amide bonds. The molecule has 0 unspecified atom stereocenters. The minimum Gasteiger partial charge on any atom is -0.484 e. The van der Waals surface area contributed by atoms with Gasteiger partial charge >= 0.3 is 0 Å². The third kappa shape index (κ3) is 4.63. The summed E-state index contributed by atoms with van der Waals surface area (Å²) in [6.45, 7) is 0.880. The van der Waals surface area contributed by atoms with Crippen LogP contribution in [0.25, 0.3) is 0 Å². The van der Waals surface area contributed by atoms with Crippen molar-refractivity contribution in [2.45, 2.75) is 13.1 Å². The van der Waals surface area contributed by atoms with Crippen LogP contribution in [0.1, 0.15) is 10.6 Å². The molecular weight excluding hydrogens is 346 g/mol. The fraction of sp³-hybridized carbons (Fsp3) is 0.167. The monoisotopic (exact) mass is 361 g/mol. The molecule has 24 heavy (non-hydrogen) atoms. The second kappa shape index (κ2) is 8.04. The van der Waals surface area contributed by atoms with Crippen molar-refractivity contribution >= 4 is 28.8 Å². The lowest BCUT2D eigenvalue weighted by atomic mass is 10.3. The summed E-state index contributed by atoms with van der Waals surface area (Å²) in [5.74, 6) is 1.20. The molecule has 0 saturated carbocycles. The Morgan fingerprint density at radius 1 is 1.17 bits per heavy atom. The first-order valence-corrected chi connectivity index (χ1v) is 8.67. The number of hydrogen-bond acceptors (Lipinski definition) is 4. The first kappa shape index (κ1) is 16.6. The zero-order chi connectivity index (χ0) is 16.8. The molecule has 3 aromatic rings. The van der Waals surface area contributed by atoms with Gasteiger partial charge in [0.15, 0.2) is 6.61 Å². The maximum absolute atomic E-state index is 12.6. The predicted molar refractivity (Wildman–Crippen MR) is 94.2 cm³/mol. The maximum atomic E-state index is 12.6. The van der Waals surface area contributed by atoms with Gasteiger partial charge in [-0.3, -0.25) is 4.79 Å². The van der Waals surface area contributed by atoms with E-state index in [2.05, 4.69) is 0 Å². The lowest BCUT2D eigenvalue weighted by Gasteiger charge is -2.21. The molecular formula is C18H16ClNO3S. The summed E-state index contributed by atoms with van der Waals surface area (Å²) in [6.07, 6.45) is 1.60. The number of benzene rings is 1. The number of furan rings is 1. The molecule has 0 saturated heterocycles. The van der Waals surface area contributed by atoms with Gasteiger partial charge in [-0.05, 0) is 41.8 Å². The van der Waals surface area contributed by atoms with Gasteiger partial charge in [-0.25, -0.2) is 0 Å². The van der Waals surface area contributed by atoms with Crippen LogP contribution < -0.4 is 4.74 Å². The maximum Gasteiger partial charge on any atom is 0.261 e. The van der Waals surface area contributed by atoms with Crippen molar-refractivity contribution in [3.63, 3.8) is 0 Å². The zero-order valence-corrected chi connectivity index (χ0v) is 14.4. The first-order valence-electron chi connectivity index (χ1n) is 7.41. The molecule has 0 aliphatic rings. The normalized spacial score (nSPS) is 10.5. The van der Waals surface area contributed by atoms with Crippen LogP contribution in [0.2, 0.25) is 5.02 Å². The highest BCUT2D eigenvalue weighted by Gasteiger charge is 2.17. The number of halogens is 1. The van der Waals surface area contributed by atoms with Crippen molar-refractivity contribution in [3.05, 3.63) is 75.8 Å². The van der Waals surface area contributed by atoms with Crippen molar-refractivity contribution in [1.29, 1.82) is 0 Å². The molecule has 1 aromatic carbocycles. The third-order valence-corrected chi connectivity index (χ3v) is 4.46. The Morgan fingerprint density at radius 3 is 2.79 bits per heavy atom. The molecule has 0 aliphatic heterocycles. The summed E-state index contributed by atoms with van der Waals surface area (Å²) in [5.41, 5.74) is 0. The highest BCUT2D eigenvalue weighted by Crippen LogP contribution is 2.18. The van der Waals surface area contributed by atoms with Crippen molar-refractivity contribution < 1.29 is 13.9 Å². The van der Waals surface area contributed by atoms with Gasteiger partial charge < -0.3 is 14.1 Å². The van der Waals surface area contributed by atoms with Crippen molar-refractivity contribution in [1.82, 2.24) is 4.90 Å². The average Bonchev–Trinajstić information content (AvgIpc) is 3.26. The molecule has 0 aliphatic carbocycles. The number of nitrogens with zero attached hydrogens (tertiary/aromatic N) is 1. The summed E-state index contributed by atoms with van der Waals surface area (Å²) in [5, 5.41) is 2.57. The number of carbonyl (C=O) groups is 1. The molecule has 2 aromatic heterocycles. The van der Waals surface area contributed by atoms with Crippen LogP contribution in [-0.2, 0) is 17.9 Å². The molecule has 0 bridgehead atoms. The van der Waals surface area contributed by atoms with Crippen molar-refractivity contribution in [3.8, 4) is 5.75 Å². The summed E-state index contributed by atoms with van der Waals surface area (Å²) in [7, 11) is 0. The van der Waals surface area contributed by atoms with Crippen LogP contribution in [-0.4, -0.2) is 17.4 Å². The van der Waals surface area contributed by atoms with E-state index in [0.29, 0.717) is 23.9 Å². The number of ether oxygens (including phenoxy) is 1. The van der Waals surface area contributed by atoms with Gasteiger partial charge in [0.2, 0.25) is 0 Å². The third-order valence-electron chi connectivity index (χ3n) is 3.36. The summed E-state index contributed by atoms with van der Waals surface area (Å²) >= 11 is 7.54. The van der Waals surface area contributed by atoms with Gasteiger partial charge in [-0.1, -0.05) is 23.7 Å². The largest absolute Gasteiger partial charge is 0.484 e. The topological polar surface area (TPSA) is 42.7 Å². The number of rotatable bonds is 7. The number of hydrogen-bond donors (Lipinski definition) is 0.